The van der Waals surface area contributed by atoms with Gasteiger partial charge in [-0.15, -0.1) is 0 Å². The van der Waals surface area contributed by atoms with E-state index in [0.717, 1.165) is 19.4 Å². The molecule has 1 heterocycles. The van der Waals surface area contributed by atoms with Crippen LogP contribution in [0.3, 0.4) is 0 Å². The van der Waals surface area contributed by atoms with Gasteiger partial charge in [0.15, 0.2) is 0 Å². The Kier molecular flexibility index (Phi) is 3.58. The summed E-state index contributed by atoms with van der Waals surface area (Å²) in [6.45, 7) is 1.00. The largest absolute Gasteiger partial charge is 0.468 e. The Morgan fingerprint density at radius 2 is 2.36 bits per heavy atom. The standard InChI is InChI=1S/C7H12INO2/c1-11-7(10)6-4-2-3-5-9(6)8/h6H,2-5H2,1H3. The number of methoxy groups -OCH3 is 1. The van der Waals surface area contributed by atoms with E-state index in [9.17, 15) is 4.79 Å². The normalized spacial score (nSPS) is 26.5. The van der Waals surface area contributed by atoms with Crippen LogP contribution in [0.5, 0.6) is 0 Å². The van der Waals surface area contributed by atoms with Gasteiger partial charge in [0.25, 0.3) is 0 Å². The SMILES string of the molecule is COC(=O)C1CCCCN1I. The molecule has 1 rings (SSSR count). The highest BCUT2D eigenvalue weighted by Crippen LogP contribution is 2.21. The predicted octanol–water partition coefficient (Wildman–Crippen LogP) is 1.36. The highest BCUT2D eigenvalue weighted by Gasteiger charge is 2.27. The fraction of sp³-hybridized carbons (Fsp3) is 0.857. The van der Waals surface area contributed by atoms with Gasteiger partial charge in [0, 0.05) is 29.4 Å². The lowest BCUT2D eigenvalue weighted by molar-refractivity contribution is -0.145. The van der Waals surface area contributed by atoms with E-state index in [1.165, 1.54) is 13.5 Å². The highest BCUT2D eigenvalue weighted by molar-refractivity contribution is 14.1. The fourth-order valence-electron chi connectivity index (χ4n) is 1.26. The molecule has 0 radical (unpaired) electrons. The summed E-state index contributed by atoms with van der Waals surface area (Å²) in [5.41, 5.74) is 0. The Balaban J connectivity index is 2.47. The zero-order chi connectivity index (χ0) is 8.27. The molecule has 0 aromatic carbocycles. The topological polar surface area (TPSA) is 29.5 Å². The van der Waals surface area contributed by atoms with Gasteiger partial charge in [-0.05, 0) is 19.3 Å². The smallest absolute Gasteiger partial charge is 0.323 e. The number of ether oxygens (including phenoxy) is 1. The van der Waals surface area contributed by atoms with Crippen LogP contribution in [0.1, 0.15) is 19.3 Å². The molecule has 0 aromatic rings. The van der Waals surface area contributed by atoms with Crippen molar-refractivity contribution in [2.75, 3.05) is 13.7 Å². The Morgan fingerprint density at radius 3 is 2.91 bits per heavy atom. The summed E-state index contributed by atoms with van der Waals surface area (Å²) >= 11 is 2.19. The van der Waals surface area contributed by atoms with E-state index < -0.39 is 0 Å². The third kappa shape index (κ3) is 2.30. The van der Waals surface area contributed by atoms with Crippen LogP contribution in [0.15, 0.2) is 0 Å². The molecule has 1 aliphatic rings. The molecule has 1 atom stereocenters. The number of nitrogens with zero attached hydrogens (tertiary/aromatic N) is 1. The number of esters is 1. The van der Waals surface area contributed by atoms with Crippen molar-refractivity contribution in [3.63, 3.8) is 0 Å². The van der Waals surface area contributed by atoms with Gasteiger partial charge in [0.2, 0.25) is 0 Å². The average Bonchev–Trinajstić information content (AvgIpc) is 2.04. The van der Waals surface area contributed by atoms with Crippen LogP contribution >= 0.6 is 22.9 Å². The van der Waals surface area contributed by atoms with Crippen molar-refractivity contribution in [1.29, 1.82) is 0 Å². The first-order chi connectivity index (χ1) is 5.25. The van der Waals surface area contributed by atoms with Gasteiger partial charge >= 0.3 is 5.97 Å². The van der Waals surface area contributed by atoms with Crippen molar-refractivity contribution < 1.29 is 9.53 Å². The van der Waals surface area contributed by atoms with Crippen LogP contribution in [-0.4, -0.2) is 28.8 Å². The predicted molar refractivity (Wildman–Crippen MR) is 50.4 cm³/mol. The molecule has 4 heteroatoms. The minimum atomic E-state index is -0.0981. The number of rotatable bonds is 1. The van der Waals surface area contributed by atoms with Gasteiger partial charge in [0.05, 0.1) is 7.11 Å². The Bertz CT molecular complexity index is 151. The molecule has 0 spiro atoms. The lowest BCUT2D eigenvalue weighted by Gasteiger charge is -2.27. The van der Waals surface area contributed by atoms with Gasteiger partial charge in [-0.2, -0.15) is 0 Å². The van der Waals surface area contributed by atoms with Gasteiger partial charge in [-0.1, -0.05) is 0 Å². The number of hydrogen-bond donors (Lipinski definition) is 0. The molecule has 1 fully saturated rings. The van der Waals surface area contributed by atoms with E-state index in [4.69, 9.17) is 0 Å². The van der Waals surface area contributed by atoms with Gasteiger partial charge in [0.1, 0.15) is 6.04 Å². The lowest BCUT2D eigenvalue weighted by atomic mass is 10.1. The van der Waals surface area contributed by atoms with Crippen LogP contribution in [0.25, 0.3) is 0 Å². The van der Waals surface area contributed by atoms with Gasteiger partial charge < -0.3 is 4.74 Å². The van der Waals surface area contributed by atoms with Crippen LogP contribution in [0, 0.1) is 0 Å². The third-order valence-corrected chi connectivity index (χ3v) is 3.07. The number of piperidine rings is 1. The monoisotopic (exact) mass is 269 g/mol. The zero-order valence-electron chi connectivity index (χ0n) is 6.55. The van der Waals surface area contributed by atoms with Crippen molar-refractivity contribution in [2.24, 2.45) is 0 Å². The molecule has 1 aliphatic heterocycles. The number of carbonyl (C=O) groups is 1. The van der Waals surface area contributed by atoms with E-state index in [1.54, 1.807) is 0 Å². The second kappa shape index (κ2) is 4.25. The molecule has 11 heavy (non-hydrogen) atoms. The lowest BCUT2D eigenvalue weighted by Crippen LogP contribution is -2.38. The first-order valence-corrected chi connectivity index (χ1v) is 4.72. The average molecular weight is 269 g/mol. The second-order valence-corrected chi connectivity index (χ2v) is 3.90. The summed E-state index contributed by atoms with van der Waals surface area (Å²) in [6, 6.07) is -0.00523. The van der Waals surface area contributed by atoms with Gasteiger partial charge in [-0.3, -0.25) is 4.79 Å². The minimum absolute atomic E-state index is 0.00523. The zero-order valence-corrected chi connectivity index (χ0v) is 8.70. The number of carbonyl (C=O) groups excluding carboxylic acids is 1. The summed E-state index contributed by atoms with van der Waals surface area (Å²) in [7, 11) is 1.45. The summed E-state index contributed by atoms with van der Waals surface area (Å²) < 4.78 is 6.71. The quantitative estimate of drug-likeness (QED) is 0.409. The summed E-state index contributed by atoms with van der Waals surface area (Å²) in [4.78, 5) is 11.1. The van der Waals surface area contributed by atoms with E-state index >= 15 is 0 Å². The van der Waals surface area contributed by atoms with E-state index in [-0.39, 0.29) is 12.0 Å². The third-order valence-electron chi connectivity index (χ3n) is 1.91. The molecular formula is C7H12INO2. The molecule has 0 N–H and O–H groups in total. The molecule has 0 saturated carbocycles. The number of halogens is 1. The van der Waals surface area contributed by atoms with Gasteiger partial charge in [-0.25, -0.2) is 3.11 Å². The first-order valence-electron chi connectivity index (χ1n) is 3.76. The van der Waals surface area contributed by atoms with Crippen LogP contribution in [0.4, 0.5) is 0 Å². The second-order valence-electron chi connectivity index (χ2n) is 2.66. The van der Waals surface area contributed by atoms with Crippen molar-refractivity contribution in [1.82, 2.24) is 3.11 Å². The first kappa shape index (κ1) is 9.25. The summed E-state index contributed by atoms with van der Waals surface area (Å²) in [5, 5.41) is 0. The van der Waals surface area contributed by atoms with E-state index in [0.29, 0.717) is 0 Å². The molecule has 3 nitrogen and oxygen atoms in total. The molecule has 0 amide bonds. The summed E-state index contributed by atoms with van der Waals surface area (Å²) in [5.74, 6) is -0.0981. The molecule has 0 aliphatic carbocycles. The van der Waals surface area contributed by atoms with Crippen molar-refractivity contribution in [2.45, 2.75) is 25.3 Å². The molecule has 0 aromatic heterocycles. The Hall–Kier alpha value is 0.160. The van der Waals surface area contributed by atoms with E-state index in [1.807, 2.05) is 3.11 Å². The molecular weight excluding hydrogens is 257 g/mol. The van der Waals surface area contributed by atoms with Crippen LogP contribution in [0.2, 0.25) is 0 Å². The van der Waals surface area contributed by atoms with Crippen molar-refractivity contribution in [3.8, 4) is 0 Å². The van der Waals surface area contributed by atoms with E-state index in [2.05, 4.69) is 27.6 Å². The van der Waals surface area contributed by atoms with Crippen LogP contribution < -0.4 is 0 Å². The highest BCUT2D eigenvalue weighted by atomic mass is 127. The van der Waals surface area contributed by atoms with Crippen LogP contribution in [-0.2, 0) is 9.53 Å². The maximum absolute atomic E-state index is 11.1. The molecule has 0 bridgehead atoms. The van der Waals surface area contributed by atoms with Crippen molar-refractivity contribution in [3.05, 3.63) is 0 Å². The van der Waals surface area contributed by atoms with Crippen molar-refractivity contribution >= 4 is 28.8 Å². The number of hydrogen-bond acceptors (Lipinski definition) is 3. The fourth-order valence-corrected chi connectivity index (χ4v) is 2.11. The molecule has 64 valence electrons. The maximum Gasteiger partial charge on any atom is 0.323 e. The summed E-state index contributed by atoms with van der Waals surface area (Å²) in [6.07, 6.45) is 3.27. The Labute approximate surface area is 80.6 Å². The molecule has 1 saturated heterocycles. The Morgan fingerprint density at radius 1 is 1.64 bits per heavy atom. The minimum Gasteiger partial charge on any atom is -0.468 e. The molecule has 1 unspecified atom stereocenters. The maximum atomic E-state index is 11.1.